The van der Waals surface area contributed by atoms with E-state index in [1.807, 2.05) is 24.3 Å². The summed E-state index contributed by atoms with van der Waals surface area (Å²) in [5.74, 6) is 1.16. The van der Waals surface area contributed by atoms with Crippen LogP contribution < -0.4 is 10.1 Å². The largest absolute Gasteiger partial charge is 0.495 e. The number of Topliss-reactive ketones (excluding diaryl/α,β-unsaturated/α-hetero) is 1. The van der Waals surface area contributed by atoms with Crippen molar-refractivity contribution in [1.29, 1.82) is 0 Å². The summed E-state index contributed by atoms with van der Waals surface area (Å²) in [4.78, 5) is 24.4. The van der Waals surface area contributed by atoms with Gasteiger partial charge in [0, 0.05) is 15.6 Å². The van der Waals surface area contributed by atoms with Crippen molar-refractivity contribution in [1.82, 2.24) is 0 Å². The molecular weight excluding hydrogens is 410 g/mol. The Morgan fingerprint density at radius 1 is 1.07 bits per heavy atom. The van der Waals surface area contributed by atoms with E-state index in [4.69, 9.17) is 9.15 Å². The topological polar surface area (TPSA) is 68.5 Å². The van der Waals surface area contributed by atoms with Crippen LogP contribution in [0.15, 0.2) is 57.4 Å². The molecule has 0 aliphatic carbocycles. The van der Waals surface area contributed by atoms with Crippen LogP contribution >= 0.6 is 15.9 Å². The summed E-state index contributed by atoms with van der Waals surface area (Å²) in [5, 5.41) is 2.80. The second kappa shape index (κ2) is 7.80. The number of methoxy groups -OCH3 is 1. The first-order chi connectivity index (χ1) is 12.9. The first kappa shape index (κ1) is 18.9. The first-order valence-electron chi connectivity index (χ1n) is 8.25. The Bertz CT molecular complexity index is 1010. The monoisotopic (exact) mass is 427 g/mol. The smallest absolute Gasteiger partial charge is 0.259 e. The van der Waals surface area contributed by atoms with E-state index < -0.39 is 0 Å². The Kier molecular flexibility index (Phi) is 5.46. The van der Waals surface area contributed by atoms with Crippen LogP contribution in [-0.4, -0.2) is 18.8 Å². The Labute approximate surface area is 165 Å². The van der Waals surface area contributed by atoms with Gasteiger partial charge >= 0.3 is 0 Å². The van der Waals surface area contributed by atoms with Gasteiger partial charge in [-0.15, -0.1) is 0 Å². The first-order valence-corrected chi connectivity index (χ1v) is 9.05. The lowest BCUT2D eigenvalue weighted by molar-refractivity contribution is 0.101. The molecule has 0 saturated heterocycles. The number of hydrogen-bond acceptors (Lipinski definition) is 4. The molecule has 1 aromatic heterocycles. The maximum atomic E-state index is 12.8. The average Bonchev–Trinajstić information content (AvgIpc) is 3.04. The molecule has 2 aromatic carbocycles. The molecule has 0 radical (unpaired) electrons. The highest BCUT2D eigenvalue weighted by Crippen LogP contribution is 2.29. The van der Waals surface area contributed by atoms with Gasteiger partial charge in [0.25, 0.3) is 5.91 Å². The lowest BCUT2D eigenvalue weighted by Gasteiger charge is -2.11. The van der Waals surface area contributed by atoms with Crippen molar-refractivity contribution in [2.24, 2.45) is 0 Å². The normalized spacial score (nSPS) is 10.5. The summed E-state index contributed by atoms with van der Waals surface area (Å²) < 4.78 is 12.0. The van der Waals surface area contributed by atoms with Crippen molar-refractivity contribution in [3.05, 3.63) is 69.9 Å². The molecule has 1 amide bonds. The highest BCUT2D eigenvalue weighted by Gasteiger charge is 2.18. The van der Waals surface area contributed by atoms with Crippen molar-refractivity contribution in [2.75, 3.05) is 12.4 Å². The number of rotatable bonds is 5. The Hall–Kier alpha value is -2.86. The number of furan rings is 1. The molecule has 0 spiro atoms. The SMILES string of the molecule is COc1ccc(C(C)=O)cc1NC(=O)c1cc(-c2ccc(Br)cc2)oc1C. The Balaban J connectivity index is 1.90. The molecule has 3 aromatic rings. The zero-order chi connectivity index (χ0) is 19.6. The van der Waals surface area contributed by atoms with Crippen LogP contribution in [0.3, 0.4) is 0 Å². The average molecular weight is 428 g/mol. The van der Waals surface area contributed by atoms with Gasteiger partial charge in [-0.2, -0.15) is 0 Å². The predicted octanol–water partition coefficient (Wildman–Crippen LogP) is 5.48. The second-order valence-electron chi connectivity index (χ2n) is 6.01. The van der Waals surface area contributed by atoms with Gasteiger partial charge in [0.2, 0.25) is 0 Å². The van der Waals surface area contributed by atoms with E-state index in [1.54, 1.807) is 31.2 Å². The summed E-state index contributed by atoms with van der Waals surface area (Å²) >= 11 is 3.40. The Morgan fingerprint density at radius 2 is 1.78 bits per heavy atom. The van der Waals surface area contributed by atoms with Gasteiger partial charge in [0.05, 0.1) is 18.4 Å². The van der Waals surface area contributed by atoms with Crippen LogP contribution in [0.4, 0.5) is 5.69 Å². The highest BCUT2D eigenvalue weighted by molar-refractivity contribution is 9.10. The van der Waals surface area contributed by atoms with E-state index in [0.717, 1.165) is 10.0 Å². The molecule has 0 bridgehead atoms. The number of ketones is 1. The molecule has 1 N–H and O–H groups in total. The van der Waals surface area contributed by atoms with Crippen molar-refractivity contribution in [3.8, 4) is 17.1 Å². The molecule has 0 fully saturated rings. The number of aryl methyl sites for hydroxylation is 1. The molecule has 0 aliphatic heterocycles. The van der Waals surface area contributed by atoms with Gasteiger partial charge in [-0.05, 0) is 50.2 Å². The zero-order valence-corrected chi connectivity index (χ0v) is 16.7. The molecule has 0 unspecified atom stereocenters. The van der Waals surface area contributed by atoms with Crippen molar-refractivity contribution in [2.45, 2.75) is 13.8 Å². The number of halogens is 1. The molecule has 27 heavy (non-hydrogen) atoms. The van der Waals surface area contributed by atoms with Crippen molar-refractivity contribution >= 4 is 33.3 Å². The quantitative estimate of drug-likeness (QED) is 0.547. The number of ether oxygens (including phenoxy) is 1. The summed E-state index contributed by atoms with van der Waals surface area (Å²) in [7, 11) is 1.51. The van der Waals surface area contributed by atoms with E-state index in [1.165, 1.54) is 14.0 Å². The van der Waals surface area contributed by atoms with Crippen LogP contribution in [0.5, 0.6) is 5.75 Å². The highest BCUT2D eigenvalue weighted by atomic mass is 79.9. The summed E-state index contributed by atoms with van der Waals surface area (Å²) in [6.45, 7) is 3.21. The van der Waals surface area contributed by atoms with Gasteiger partial charge < -0.3 is 14.5 Å². The fraction of sp³-hybridized carbons (Fsp3) is 0.143. The number of carbonyl (C=O) groups is 2. The van der Waals surface area contributed by atoms with Crippen LogP contribution in [-0.2, 0) is 0 Å². The molecule has 138 valence electrons. The minimum absolute atomic E-state index is 0.0924. The van der Waals surface area contributed by atoms with Gasteiger partial charge in [-0.25, -0.2) is 0 Å². The number of carbonyl (C=O) groups excluding carboxylic acids is 2. The summed E-state index contributed by atoms with van der Waals surface area (Å²) in [5.41, 5.74) is 2.21. The molecule has 5 nitrogen and oxygen atoms in total. The summed E-state index contributed by atoms with van der Waals surface area (Å²) in [6.07, 6.45) is 0. The Morgan fingerprint density at radius 3 is 2.41 bits per heavy atom. The maximum absolute atomic E-state index is 12.8. The lowest BCUT2D eigenvalue weighted by Crippen LogP contribution is -2.13. The van der Waals surface area contributed by atoms with Gasteiger partial charge in [0.1, 0.15) is 17.3 Å². The maximum Gasteiger partial charge on any atom is 0.259 e. The number of hydrogen-bond donors (Lipinski definition) is 1. The third kappa shape index (κ3) is 4.11. The van der Waals surface area contributed by atoms with Gasteiger partial charge in [-0.3, -0.25) is 9.59 Å². The zero-order valence-electron chi connectivity index (χ0n) is 15.1. The van der Waals surface area contributed by atoms with E-state index in [0.29, 0.717) is 34.1 Å². The third-order valence-corrected chi connectivity index (χ3v) is 4.67. The van der Waals surface area contributed by atoms with E-state index in [-0.39, 0.29) is 11.7 Å². The van der Waals surface area contributed by atoms with Crippen LogP contribution in [0.25, 0.3) is 11.3 Å². The summed E-state index contributed by atoms with van der Waals surface area (Å²) in [6, 6.07) is 14.2. The number of nitrogens with one attached hydrogen (secondary N) is 1. The molecule has 1 heterocycles. The van der Waals surface area contributed by atoms with Crippen molar-refractivity contribution in [3.63, 3.8) is 0 Å². The van der Waals surface area contributed by atoms with Crippen molar-refractivity contribution < 1.29 is 18.7 Å². The van der Waals surface area contributed by atoms with Gasteiger partial charge in [-0.1, -0.05) is 28.1 Å². The molecule has 0 aliphatic rings. The predicted molar refractivity (Wildman–Crippen MR) is 108 cm³/mol. The van der Waals surface area contributed by atoms with Crippen LogP contribution in [0, 0.1) is 6.92 Å². The van der Waals surface area contributed by atoms with E-state index in [9.17, 15) is 9.59 Å². The molecule has 0 saturated carbocycles. The fourth-order valence-corrected chi connectivity index (χ4v) is 2.94. The van der Waals surface area contributed by atoms with Crippen LogP contribution in [0.2, 0.25) is 0 Å². The van der Waals surface area contributed by atoms with Gasteiger partial charge in [0.15, 0.2) is 5.78 Å². The van der Waals surface area contributed by atoms with E-state index in [2.05, 4.69) is 21.2 Å². The molecule has 6 heteroatoms. The minimum atomic E-state index is -0.335. The standard InChI is InChI=1S/C21H18BrNO4/c1-12(24)15-6-9-19(26-3)18(10-15)23-21(25)17-11-20(27-13(17)2)14-4-7-16(22)8-5-14/h4-11H,1-3H3,(H,23,25). The number of benzene rings is 2. The molecule has 3 rings (SSSR count). The number of amides is 1. The molecule has 0 atom stereocenters. The van der Waals surface area contributed by atoms with Crippen LogP contribution in [0.1, 0.15) is 33.4 Å². The molecular formula is C21H18BrNO4. The number of anilines is 1. The fourth-order valence-electron chi connectivity index (χ4n) is 2.68. The third-order valence-electron chi connectivity index (χ3n) is 4.15. The minimum Gasteiger partial charge on any atom is -0.495 e. The second-order valence-corrected chi connectivity index (χ2v) is 6.93. The lowest BCUT2D eigenvalue weighted by atomic mass is 10.1. The van der Waals surface area contributed by atoms with E-state index >= 15 is 0 Å².